The molecule has 0 aliphatic heterocycles. The molecule has 2 N–H and O–H groups in total. The molecule has 2 unspecified atom stereocenters. The Morgan fingerprint density at radius 2 is 1.00 bits per heavy atom. The second-order valence-electron chi connectivity index (χ2n) is 8.42. The van der Waals surface area contributed by atoms with E-state index in [0.717, 1.165) is 36.8 Å². The predicted octanol–water partition coefficient (Wildman–Crippen LogP) is 6.87. The zero-order valence-corrected chi connectivity index (χ0v) is 18.8. The molecule has 32 heavy (non-hydrogen) atoms. The molecular weight excluding hydrogens is 392 g/mol. The molecule has 0 saturated heterocycles. The van der Waals surface area contributed by atoms with E-state index in [1.807, 2.05) is 36.4 Å². The van der Waals surface area contributed by atoms with Crippen LogP contribution < -0.4 is 0 Å². The minimum Gasteiger partial charge on any atom is -0.388 e. The average molecular weight is 427 g/mol. The fraction of sp³-hybridized carbons (Fsp3) is 0.267. The van der Waals surface area contributed by atoms with Crippen LogP contribution in [0.25, 0.3) is 0 Å². The highest BCUT2D eigenvalue weighted by Crippen LogP contribution is 2.22. The zero-order valence-electron chi connectivity index (χ0n) is 18.8. The van der Waals surface area contributed by atoms with Crippen LogP contribution in [0, 0.1) is 0 Å². The van der Waals surface area contributed by atoms with Crippen molar-refractivity contribution in [2.24, 2.45) is 0 Å². The second-order valence-corrected chi connectivity index (χ2v) is 8.42. The van der Waals surface area contributed by atoms with Crippen molar-refractivity contribution in [2.45, 2.75) is 50.7 Å². The van der Waals surface area contributed by atoms with Crippen LogP contribution in [0.15, 0.2) is 98.1 Å². The van der Waals surface area contributed by atoms with E-state index >= 15 is 0 Å². The quantitative estimate of drug-likeness (QED) is 0.310. The monoisotopic (exact) mass is 426 g/mol. The number of rotatable bonds is 12. The van der Waals surface area contributed by atoms with Crippen molar-refractivity contribution in [2.75, 3.05) is 0 Å². The summed E-state index contributed by atoms with van der Waals surface area (Å²) in [7, 11) is 0. The fourth-order valence-corrected chi connectivity index (χ4v) is 3.92. The lowest BCUT2D eigenvalue weighted by Gasteiger charge is -2.12. The van der Waals surface area contributed by atoms with E-state index in [4.69, 9.17) is 0 Å². The number of benzene rings is 3. The number of aliphatic hydroxyl groups excluding tert-OH is 2. The summed E-state index contributed by atoms with van der Waals surface area (Å²) < 4.78 is 0. The van der Waals surface area contributed by atoms with Gasteiger partial charge in [-0.2, -0.15) is 0 Å². The Bertz CT molecular complexity index is 907. The van der Waals surface area contributed by atoms with Crippen molar-refractivity contribution in [3.63, 3.8) is 0 Å². The molecule has 2 atom stereocenters. The first-order valence-corrected chi connectivity index (χ1v) is 11.4. The summed E-state index contributed by atoms with van der Waals surface area (Å²) in [5.74, 6) is 0. The van der Waals surface area contributed by atoms with Crippen molar-refractivity contribution < 1.29 is 10.2 Å². The zero-order chi connectivity index (χ0) is 22.8. The van der Waals surface area contributed by atoms with Gasteiger partial charge in [0.1, 0.15) is 0 Å². The Hall–Kier alpha value is -2.94. The van der Waals surface area contributed by atoms with Gasteiger partial charge >= 0.3 is 0 Å². The molecule has 3 rings (SSSR count). The van der Waals surface area contributed by atoms with Crippen LogP contribution in [0.2, 0.25) is 0 Å². The summed E-state index contributed by atoms with van der Waals surface area (Å²) in [6, 6.07) is 25.2. The highest BCUT2D eigenvalue weighted by Gasteiger charge is 2.08. The molecule has 3 aromatic carbocycles. The summed E-state index contributed by atoms with van der Waals surface area (Å²) in [5, 5.41) is 20.5. The Balaban J connectivity index is 1.60. The molecule has 3 aromatic rings. The van der Waals surface area contributed by atoms with E-state index in [1.54, 1.807) is 0 Å². The molecule has 0 spiro atoms. The lowest BCUT2D eigenvalue weighted by Crippen LogP contribution is -1.98. The minimum atomic E-state index is -0.431. The summed E-state index contributed by atoms with van der Waals surface area (Å²) in [4.78, 5) is 0. The number of hydrogen-bond acceptors (Lipinski definition) is 2. The Morgan fingerprint density at radius 1 is 0.594 bits per heavy atom. The standard InChI is InChI=1S/C30H34O2/c1-3-5-10-29(31)27-16-12-23(13-17-27)20-25-8-7-9-26(22-25)21-24-14-18-28(19-15-24)30(32)11-6-4-2/h3-4,7-9,12-19,22,29-32H,1-2,5-6,10-11,20-21H2. The van der Waals surface area contributed by atoms with Crippen molar-refractivity contribution in [1.82, 2.24) is 0 Å². The predicted molar refractivity (Wildman–Crippen MR) is 134 cm³/mol. The maximum atomic E-state index is 10.2. The van der Waals surface area contributed by atoms with Gasteiger partial charge in [-0.25, -0.2) is 0 Å². The van der Waals surface area contributed by atoms with Gasteiger partial charge in [-0.1, -0.05) is 84.9 Å². The van der Waals surface area contributed by atoms with Gasteiger partial charge in [0.2, 0.25) is 0 Å². The third kappa shape index (κ3) is 7.05. The molecule has 0 bridgehead atoms. The Kier molecular flexibility index (Phi) is 9.03. The summed E-state index contributed by atoms with van der Waals surface area (Å²) in [6.07, 6.45) is 7.59. The van der Waals surface area contributed by atoms with Gasteiger partial charge in [-0.3, -0.25) is 0 Å². The first-order chi connectivity index (χ1) is 15.6. The van der Waals surface area contributed by atoms with Crippen LogP contribution in [0.1, 0.15) is 71.3 Å². The normalized spacial score (nSPS) is 12.8. The Labute approximate surface area is 192 Å². The van der Waals surface area contributed by atoms with E-state index in [2.05, 4.69) is 61.7 Å². The van der Waals surface area contributed by atoms with Crippen molar-refractivity contribution in [1.29, 1.82) is 0 Å². The third-order valence-electron chi connectivity index (χ3n) is 5.83. The summed E-state index contributed by atoms with van der Waals surface area (Å²) in [5.41, 5.74) is 6.95. The lowest BCUT2D eigenvalue weighted by molar-refractivity contribution is 0.168. The van der Waals surface area contributed by atoms with Crippen LogP contribution in [0.4, 0.5) is 0 Å². The molecule has 2 nitrogen and oxygen atoms in total. The average Bonchev–Trinajstić information content (AvgIpc) is 2.82. The third-order valence-corrected chi connectivity index (χ3v) is 5.83. The highest BCUT2D eigenvalue weighted by atomic mass is 16.3. The SMILES string of the molecule is C=CCCC(O)c1ccc(Cc2cccc(Cc3ccc(C(O)CCC=C)cc3)c2)cc1. The highest BCUT2D eigenvalue weighted by molar-refractivity contribution is 5.35. The van der Waals surface area contributed by atoms with Gasteiger partial charge < -0.3 is 10.2 Å². The number of aliphatic hydroxyl groups is 2. The smallest absolute Gasteiger partial charge is 0.0793 e. The van der Waals surface area contributed by atoms with Crippen LogP contribution in [0.5, 0.6) is 0 Å². The summed E-state index contributed by atoms with van der Waals surface area (Å²) >= 11 is 0. The van der Waals surface area contributed by atoms with Crippen molar-refractivity contribution in [3.05, 3.63) is 131 Å². The van der Waals surface area contributed by atoms with Gasteiger partial charge in [-0.15, -0.1) is 13.2 Å². The molecule has 0 aliphatic carbocycles. The van der Waals surface area contributed by atoms with Crippen molar-refractivity contribution in [3.8, 4) is 0 Å². The van der Waals surface area contributed by atoms with E-state index in [1.165, 1.54) is 22.3 Å². The van der Waals surface area contributed by atoms with Crippen LogP contribution >= 0.6 is 0 Å². The van der Waals surface area contributed by atoms with Gasteiger partial charge in [0.05, 0.1) is 12.2 Å². The molecular formula is C30H34O2. The maximum absolute atomic E-state index is 10.2. The molecule has 0 aliphatic rings. The molecule has 0 radical (unpaired) electrons. The van der Waals surface area contributed by atoms with Crippen LogP contribution in [-0.4, -0.2) is 10.2 Å². The molecule has 0 amide bonds. The molecule has 2 heteroatoms. The molecule has 0 saturated carbocycles. The first kappa shape index (κ1) is 23.7. The van der Waals surface area contributed by atoms with E-state index in [-0.39, 0.29) is 0 Å². The fourth-order valence-electron chi connectivity index (χ4n) is 3.92. The minimum absolute atomic E-state index is 0.431. The molecule has 0 heterocycles. The second kappa shape index (κ2) is 12.2. The Morgan fingerprint density at radius 3 is 1.38 bits per heavy atom. The van der Waals surface area contributed by atoms with E-state index < -0.39 is 12.2 Å². The van der Waals surface area contributed by atoms with Gasteiger partial charge in [0, 0.05) is 0 Å². The largest absolute Gasteiger partial charge is 0.388 e. The number of hydrogen-bond donors (Lipinski definition) is 2. The van der Waals surface area contributed by atoms with E-state index in [9.17, 15) is 10.2 Å². The van der Waals surface area contributed by atoms with Gasteiger partial charge in [0.15, 0.2) is 0 Å². The molecule has 0 aromatic heterocycles. The van der Waals surface area contributed by atoms with Crippen LogP contribution in [-0.2, 0) is 12.8 Å². The number of allylic oxidation sites excluding steroid dienone is 2. The van der Waals surface area contributed by atoms with Crippen LogP contribution in [0.3, 0.4) is 0 Å². The van der Waals surface area contributed by atoms with E-state index in [0.29, 0.717) is 12.8 Å². The maximum Gasteiger partial charge on any atom is 0.0793 e. The van der Waals surface area contributed by atoms with Crippen molar-refractivity contribution >= 4 is 0 Å². The molecule has 166 valence electrons. The van der Waals surface area contributed by atoms with Gasteiger partial charge in [-0.05, 0) is 71.9 Å². The summed E-state index contributed by atoms with van der Waals surface area (Å²) in [6.45, 7) is 7.43. The van der Waals surface area contributed by atoms with Gasteiger partial charge in [0.25, 0.3) is 0 Å². The first-order valence-electron chi connectivity index (χ1n) is 11.4. The molecule has 0 fully saturated rings. The lowest BCUT2D eigenvalue weighted by atomic mass is 9.96. The topological polar surface area (TPSA) is 40.5 Å².